The minimum atomic E-state index is -3.90. The van der Waals surface area contributed by atoms with Crippen molar-refractivity contribution in [1.82, 2.24) is 73.1 Å². The number of benzene rings is 1. The van der Waals surface area contributed by atoms with Gasteiger partial charge in [0.25, 0.3) is 0 Å². The van der Waals surface area contributed by atoms with Crippen LogP contribution in [0.15, 0.2) is 67.9 Å². The first kappa shape index (κ1) is 97.0. The number of aliphatic hydroxyl groups excluding tert-OH is 7. The predicted molar refractivity (Wildman–Crippen MR) is 444 cm³/mol. The minimum absolute atomic E-state index is 0.123. The molecule has 0 saturated carbocycles. The van der Waals surface area contributed by atoms with Gasteiger partial charge in [0.2, 0.25) is 0 Å². The zero-order chi connectivity index (χ0) is 89.6. The summed E-state index contributed by atoms with van der Waals surface area (Å²) < 4.78 is 135. The number of pyridine rings is 1. The second kappa shape index (κ2) is 39.8. The molecule has 4 aliphatic heterocycles. The molecule has 0 amide bonds. The molecule has 0 aliphatic carbocycles. The number of anilines is 4. The number of aryl methyl sites for hydroxylation is 3. The van der Waals surface area contributed by atoms with Crippen LogP contribution in [0.5, 0.6) is 0 Å². The molecule has 7 unspecified atom stereocenters. The van der Waals surface area contributed by atoms with Crippen LogP contribution in [0.4, 0.5) is 23.1 Å². The number of aromatic nitrogens is 15. The van der Waals surface area contributed by atoms with E-state index in [9.17, 15) is 54.0 Å². The maximum absolute atomic E-state index is 13.0. The van der Waals surface area contributed by atoms with Crippen molar-refractivity contribution in [1.29, 1.82) is 0 Å². The Morgan fingerprint density at radius 2 is 0.746 bits per heavy atom. The Kier molecular flexibility index (Phi) is 31.6. The fraction of sp³-hybridized carbons (Fsp3) is 0.635. The molecule has 8 aromatic heterocycles. The topological polar surface area (TPSA) is 605 Å². The first-order valence-corrected chi connectivity index (χ1v) is 46.8. The standard InChI is InChI=1S/C23H32N5O6P.C19H32N5O7P.C16H26N5O6P.C16H25N4O6P/c1-5-32-35(4,30)33-12-17-19(29)23(3,13-31-11-16-9-7-6-8-10-16)22(34-17)28-14-25-18-20(24)26-15(2)27-21(18)28;1-10(2)30-32(27,31-11(3)4)28-7-13-15(26)19(6,8-25)18(29-13)24-9-21-14-16(20)22-12(5)23-17(14)24;1-5-25-28(4,24)26-6-10-12(23)16(3,7-22)15(27-10)21-8-18-11-13(17)19-9(2)20-14(11)21;1-4-24-27(3,23)25-7-11-13(22)16(2,8-21)15(26-11)20-9-19-12-10(17)5-6-18-14(12)20/h6-10,14,17,19,22,29H,5,11-13H2,1-4H3,(H2,24,26,27);9-11,13,15,18,25-26H,7-8H2,1-6H3,(H2,20,22,23);8,10,12,15,22-23H,5-7H2,1-4H3,(H2,17,19,20);5-6,9,11,13,15,21-22H,4,7-8H2,1-3H3,(H2,17,18)/t17-,19?,22-,23+,35?;13-,15?,18-,19+;10-,12?,15-,16+,28?;11-,13?,15-,16+,27?/m1111/s1. The number of nitrogens with two attached hydrogens (primary N) is 4. The molecule has 12 heterocycles. The van der Waals surface area contributed by atoms with E-state index in [0.29, 0.717) is 74.4 Å². The highest BCUT2D eigenvalue weighted by atomic mass is 31.2. The molecular formula is C74H115N19O25P4. The van der Waals surface area contributed by atoms with E-state index in [4.69, 9.17) is 87.3 Å². The maximum atomic E-state index is 13.0. The van der Waals surface area contributed by atoms with E-state index in [1.807, 2.05) is 37.3 Å². The highest BCUT2D eigenvalue weighted by molar-refractivity contribution is 7.53. The maximum Gasteiger partial charge on any atom is 0.475 e. The third kappa shape index (κ3) is 21.4. The molecule has 19 atom stereocenters. The average Bonchev–Trinajstić information content (AvgIpc) is 1.60. The van der Waals surface area contributed by atoms with Crippen molar-refractivity contribution in [3.63, 3.8) is 0 Å². The summed E-state index contributed by atoms with van der Waals surface area (Å²) in [6.45, 7) is 27.5. The summed E-state index contributed by atoms with van der Waals surface area (Å²) in [5.74, 6) is 2.09. The van der Waals surface area contributed by atoms with Gasteiger partial charge in [0.15, 0.2) is 40.0 Å². The lowest BCUT2D eigenvalue weighted by Crippen LogP contribution is -2.42. The van der Waals surface area contributed by atoms with Gasteiger partial charge in [0.1, 0.15) is 88.9 Å². The number of phosphoric ester groups is 1. The molecule has 122 heavy (non-hydrogen) atoms. The van der Waals surface area contributed by atoms with E-state index in [2.05, 4.69) is 54.8 Å². The molecule has 676 valence electrons. The number of hydrogen-bond acceptors (Lipinski definition) is 40. The lowest BCUT2D eigenvalue weighted by molar-refractivity contribution is -0.0736. The summed E-state index contributed by atoms with van der Waals surface area (Å²) in [4.78, 5) is 47.1. The van der Waals surface area contributed by atoms with Crippen molar-refractivity contribution in [3.8, 4) is 0 Å². The molecule has 13 rings (SSSR count). The number of ether oxygens (including phenoxy) is 5. The number of rotatable bonds is 33. The van der Waals surface area contributed by atoms with Gasteiger partial charge in [-0.2, -0.15) is 0 Å². The van der Waals surface area contributed by atoms with Crippen LogP contribution < -0.4 is 22.9 Å². The van der Waals surface area contributed by atoms with Gasteiger partial charge in [-0.05, 0) is 80.9 Å². The normalized spacial score (nSPS) is 28.2. The van der Waals surface area contributed by atoms with Crippen molar-refractivity contribution < 1.29 is 118 Å². The lowest BCUT2D eigenvalue weighted by Gasteiger charge is -2.33. The van der Waals surface area contributed by atoms with Gasteiger partial charge < -0.3 is 110 Å². The quantitative estimate of drug-likeness (QED) is 0.0184. The van der Waals surface area contributed by atoms with Gasteiger partial charge >= 0.3 is 30.6 Å². The number of phosphoric acid groups is 1. The van der Waals surface area contributed by atoms with Crippen LogP contribution in [0.25, 0.3) is 44.7 Å². The second-order valence-corrected chi connectivity index (χ2v) is 39.3. The molecule has 9 aromatic rings. The Bertz CT molecular complexity index is 5220. The molecule has 0 spiro atoms. The Morgan fingerprint density at radius 1 is 0.434 bits per heavy atom. The van der Waals surface area contributed by atoms with E-state index in [0.717, 1.165) is 5.56 Å². The molecule has 1 aromatic carbocycles. The fourth-order valence-electron chi connectivity index (χ4n) is 14.6. The average molecular weight is 1790 g/mol. The SMILES string of the molecule is CCOP(C)(=O)OC[C@H]1O[C@@H](n2cnc3c(N)ccnc32)[C@@](C)(CO)C1O.CCOP(C)(=O)OC[C@H]1O[C@@H](n2cnc3c(N)nc(C)nc32)[C@@](C)(CO)C1O.CCOP(C)(=O)OC[C@H]1O[C@@H](n2cnc3c(N)nc(C)nc32)[C@@](C)(COCc2ccccc2)C1O.Cc1nc(N)c2ncn([C@@H]3O[C@H](COP(=O)(OC(C)C)OC(C)C)C(O)[C@]3(C)CO)c2n1. The Labute approximate surface area is 704 Å². The summed E-state index contributed by atoms with van der Waals surface area (Å²) in [7, 11) is -13.7. The molecule has 48 heteroatoms. The van der Waals surface area contributed by atoms with E-state index < -0.39 is 145 Å². The molecular weight excluding hydrogens is 1680 g/mol. The smallest absolute Gasteiger partial charge is 0.397 e. The number of fused-ring (bicyclic) bond motifs is 4. The van der Waals surface area contributed by atoms with E-state index in [1.54, 1.807) is 127 Å². The van der Waals surface area contributed by atoms with Crippen molar-refractivity contribution in [2.75, 3.05) is 116 Å². The minimum Gasteiger partial charge on any atom is -0.397 e. The molecule has 0 bridgehead atoms. The third-order valence-corrected chi connectivity index (χ3v) is 26.8. The summed E-state index contributed by atoms with van der Waals surface area (Å²) in [5.41, 5.74) is 24.6. The van der Waals surface area contributed by atoms with Gasteiger partial charge in [-0.25, -0.2) is 59.4 Å². The molecule has 0 radical (unpaired) electrons. The van der Waals surface area contributed by atoms with Gasteiger partial charge in [-0.1, -0.05) is 58.0 Å². The van der Waals surface area contributed by atoms with Crippen LogP contribution in [-0.2, 0) is 89.3 Å². The van der Waals surface area contributed by atoms with Crippen molar-refractivity contribution >= 4 is 98.4 Å². The van der Waals surface area contributed by atoms with E-state index in [1.165, 1.54) is 39.0 Å². The van der Waals surface area contributed by atoms with Crippen LogP contribution in [0, 0.1) is 42.4 Å². The Morgan fingerprint density at radius 3 is 1.07 bits per heavy atom. The van der Waals surface area contributed by atoms with Crippen LogP contribution in [0.3, 0.4) is 0 Å². The highest BCUT2D eigenvalue weighted by Gasteiger charge is 2.59. The number of aliphatic hydroxyl groups is 7. The number of nitrogen functional groups attached to an aromatic ring is 4. The third-order valence-electron chi connectivity index (χ3n) is 20.9. The van der Waals surface area contributed by atoms with Gasteiger partial charge in [0, 0.05) is 26.2 Å². The second-order valence-electron chi connectivity index (χ2n) is 31.5. The molecule has 4 saturated heterocycles. The predicted octanol–water partition coefficient (Wildman–Crippen LogP) is 7.02. The number of nitrogens with zero attached hydrogens (tertiary/aromatic N) is 15. The molecule has 4 fully saturated rings. The molecule has 15 N–H and O–H groups in total. The largest absolute Gasteiger partial charge is 0.475 e. The zero-order valence-corrected chi connectivity index (χ0v) is 74.8. The monoisotopic (exact) mass is 1790 g/mol. The van der Waals surface area contributed by atoms with Crippen LogP contribution in [0.1, 0.15) is 124 Å². The summed E-state index contributed by atoms with van der Waals surface area (Å²) >= 11 is 0. The van der Waals surface area contributed by atoms with Gasteiger partial charge in [-0.3, -0.25) is 45.5 Å². The fourth-order valence-corrected chi connectivity index (χ4v) is 19.0. The van der Waals surface area contributed by atoms with Crippen LogP contribution in [-0.4, -0.2) is 263 Å². The first-order chi connectivity index (χ1) is 57.4. The van der Waals surface area contributed by atoms with Crippen molar-refractivity contribution in [2.45, 2.75) is 189 Å². The molecule has 44 nitrogen and oxygen atoms in total. The van der Waals surface area contributed by atoms with E-state index >= 15 is 0 Å². The summed E-state index contributed by atoms with van der Waals surface area (Å²) in [6.07, 6.45) is -4.12. The zero-order valence-electron chi connectivity index (χ0n) is 71.2. The highest BCUT2D eigenvalue weighted by Crippen LogP contribution is 2.56. The first-order valence-electron chi connectivity index (χ1n) is 39.4. The van der Waals surface area contributed by atoms with Crippen molar-refractivity contribution in [3.05, 3.63) is 90.9 Å². The van der Waals surface area contributed by atoms with E-state index in [-0.39, 0.29) is 83.5 Å². The van der Waals surface area contributed by atoms with Gasteiger partial charge in [0.05, 0.1) is 169 Å². The van der Waals surface area contributed by atoms with Gasteiger partial charge in [-0.15, -0.1) is 0 Å². The number of imidazole rings is 4. The summed E-state index contributed by atoms with van der Waals surface area (Å²) in [5, 5.41) is 74.1. The summed E-state index contributed by atoms with van der Waals surface area (Å²) in [6, 6.07) is 11.4. The Hall–Kier alpha value is -7.23. The Balaban J connectivity index is 0.000000171. The van der Waals surface area contributed by atoms with Crippen molar-refractivity contribution in [2.24, 2.45) is 21.7 Å². The number of hydrogen-bond donors (Lipinski definition) is 11. The molecule has 4 aliphatic rings. The lowest BCUT2D eigenvalue weighted by atomic mass is 9.83. The van der Waals surface area contributed by atoms with Crippen LogP contribution in [0.2, 0.25) is 0 Å². The van der Waals surface area contributed by atoms with Crippen LogP contribution >= 0.6 is 30.6 Å².